The number of anilines is 1. The standard InChI is InChI=1S/C14H16FN3O2/c15-11-1-2-13(10(7-11)8-16)17-9-14(19)18-12-3-5-20-6-4-12/h1-2,7,12,17H,3-6,9H2,(H,18,19). The highest BCUT2D eigenvalue weighted by Crippen LogP contribution is 2.15. The normalized spacial score (nSPS) is 15.4. The maximum atomic E-state index is 13.0. The highest BCUT2D eigenvalue weighted by Gasteiger charge is 2.16. The summed E-state index contributed by atoms with van der Waals surface area (Å²) in [7, 11) is 0. The number of rotatable bonds is 4. The van der Waals surface area contributed by atoms with Crippen LogP contribution in [0.5, 0.6) is 0 Å². The van der Waals surface area contributed by atoms with Gasteiger partial charge in [-0.05, 0) is 31.0 Å². The van der Waals surface area contributed by atoms with Gasteiger partial charge in [0.1, 0.15) is 11.9 Å². The molecule has 1 fully saturated rings. The van der Waals surface area contributed by atoms with Crippen molar-refractivity contribution in [3.63, 3.8) is 0 Å². The van der Waals surface area contributed by atoms with Gasteiger partial charge in [0.2, 0.25) is 5.91 Å². The zero-order valence-electron chi connectivity index (χ0n) is 11.0. The lowest BCUT2D eigenvalue weighted by Gasteiger charge is -2.23. The minimum absolute atomic E-state index is 0.0532. The van der Waals surface area contributed by atoms with E-state index in [1.165, 1.54) is 12.1 Å². The van der Waals surface area contributed by atoms with E-state index < -0.39 is 5.82 Å². The van der Waals surface area contributed by atoms with Crippen LogP contribution >= 0.6 is 0 Å². The number of carbonyl (C=O) groups is 1. The van der Waals surface area contributed by atoms with Crippen LogP contribution in [-0.2, 0) is 9.53 Å². The smallest absolute Gasteiger partial charge is 0.239 e. The van der Waals surface area contributed by atoms with Crippen molar-refractivity contribution < 1.29 is 13.9 Å². The van der Waals surface area contributed by atoms with Gasteiger partial charge in [-0.25, -0.2) is 4.39 Å². The highest BCUT2D eigenvalue weighted by molar-refractivity contribution is 5.81. The number of amides is 1. The van der Waals surface area contributed by atoms with Gasteiger partial charge in [0.15, 0.2) is 0 Å². The fourth-order valence-electron chi connectivity index (χ4n) is 2.06. The Bertz CT molecular complexity index is 522. The van der Waals surface area contributed by atoms with E-state index in [1.54, 1.807) is 0 Å². The number of ether oxygens (including phenoxy) is 1. The van der Waals surface area contributed by atoms with Gasteiger partial charge in [0.25, 0.3) is 0 Å². The Morgan fingerprint density at radius 1 is 1.45 bits per heavy atom. The molecule has 1 aromatic carbocycles. The number of nitrogens with zero attached hydrogens (tertiary/aromatic N) is 1. The van der Waals surface area contributed by atoms with Gasteiger partial charge in [-0.3, -0.25) is 4.79 Å². The second-order valence-corrected chi connectivity index (χ2v) is 4.61. The molecular weight excluding hydrogens is 261 g/mol. The number of hydrogen-bond donors (Lipinski definition) is 2. The van der Waals surface area contributed by atoms with Crippen molar-refractivity contribution in [3.05, 3.63) is 29.6 Å². The zero-order chi connectivity index (χ0) is 14.4. The van der Waals surface area contributed by atoms with E-state index in [0.29, 0.717) is 18.9 Å². The third kappa shape index (κ3) is 3.93. The molecule has 1 aliphatic rings. The van der Waals surface area contributed by atoms with Gasteiger partial charge in [0.05, 0.1) is 17.8 Å². The lowest BCUT2D eigenvalue weighted by Crippen LogP contribution is -2.41. The zero-order valence-corrected chi connectivity index (χ0v) is 11.0. The Morgan fingerprint density at radius 3 is 2.90 bits per heavy atom. The second-order valence-electron chi connectivity index (χ2n) is 4.61. The molecule has 1 aliphatic heterocycles. The van der Waals surface area contributed by atoms with Gasteiger partial charge in [-0.2, -0.15) is 5.26 Å². The molecule has 0 spiro atoms. The van der Waals surface area contributed by atoms with Crippen LogP contribution in [0.25, 0.3) is 0 Å². The van der Waals surface area contributed by atoms with Gasteiger partial charge < -0.3 is 15.4 Å². The molecule has 2 rings (SSSR count). The maximum absolute atomic E-state index is 13.0. The van der Waals surface area contributed by atoms with Crippen LogP contribution in [0.3, 0.4) is 0 Å². The molecule has 0 unspecified atom stereocenters. The first-order valence-corrected chi connectivity index (χ1v) is 6.49. The van der Waals surface area contributed by atoms with Crippen LogP contribution in [0.15, 0.2) is 18.2 Å². The third-order valence-corrected chi connectivity index (χ3v) is 3.13. The molecule has 0 radical (unpaired) electrons. The van der Waals surface area contributed by atoms with Gasteiger partial charge >= 0.3 is 0 Å². The summed E-state index contributed by atoms with van der Waals surface area (Å²) in [4.78, 5) is 11.8. The van der Waals surface area contributed by atoms with E-state index in [2.05, 4.69) is 10.6 Å². The second kappa shape index (κ2) is 6.87. The SMILES string of the molecule is N#Cc1cc(F)ccc1NCC(=O)NC1CCOCC1. The Balaban J connectivity index is 1.85. The topological polar surface area (TPSA) is 74.2 Å². The number of nitrogens with one attached hydrogen (secondary N) is 2. The fraction of sp³-hybridized carbons (Fsp3) is 0.429. The Hall–Kier alpha value is -2.13. The minimum Gasteiger partial charge on any atom is -0.381 e. The van der Waals surface area contributed by atoms with Crippen molar-refractivity contribution in [2.45, 2.75) is 18.9 Å². The molecular formula is C14H16FN3O2. The predicted molar refractivity (Wildman–Crippen MR) is 71.6 cm³/mol. The molecule has 0 aliphatic carbocycles. The van der Waals surface area contributed by atoms with Crippen LogP contribution in [0.1, 0.15) is 18.4 Å². The summed E-state index contributed by atoms with van der Waals surface area (Å²) in [5.41, 5.74) is 0.639. The van der Waals surface area contributed by atoms with E-state index in [4.69, 9.17) is 10.00 Å². The van der Waals surface area contributed by atoms with Crippen molar-refractivity contribution in [3.8, 4) is 6.07 Å². The molecule has 6 heteroatoms. The first-order valence-electron chi connectivity index (χ1n) is 6.49. The predicted octanol–water partition coefficient (Wildman–Crippen LogP) is 1.40. The summed E-state index contributed by atoms with van der Waals surface area (Å²) in [5.74, 6) is -0.621. The van der Waals surface area contributed by atoms with Crippen LogP contribution in [-0.4, -0.2) is 31.7 Å². The number of benzene rings is 1. The van der Waals surface area contributed by atoms with E-state index in [1.807, 2.05) is 6.07 Å². The fourth-order valence-corrected chi connectivity index (χ4v) is 2.06. The lowest BCUT2D eigenvalue weighted by molar-refractivity contribution is -0.120. The summed E-state index contributed by atoms with van der Waals surface area (Å²) in [5, 5.41) is 14.6. The first-order chi connectivity index (χ1) is 9.69. The number of hydrogen-bond acceptors (Lipinski definition) is 4. The van der Waals surface area contributed by atoms with Crippen LogP contribution in [0.2, 0.25) is 0 Å². The molecule has 0 atom stereocenters. The van der Waals surface area contributed by atoms with E-state index in [0.717, 1.165) is 18.9 Å². The van der Waals surface area contributed by atoms with Gasteiger partial charge in [-0.15, -0.1) is 0 Å². The Morgan fingerprint density at radius 2 is 2.20 bits per heavy atom. The van der Waals surface area contributed by atoms with E-state index in [-0.39, 0.29) is 24.1 Å². The molecule has 20 heavy (non-hydrogen) atoms. The molecule has 0 saturated carbocycles. The quantitative estimate of drug-likeness (QED) is 0.872. The lowest BCUT2D eigenvalue weighted by atomic mass is 10.1. The molecule has 2 N–H and O–H groups in total. The van der Waals surface area contributed by atoms with Crippen molar-refractivity contribution in [1.82, 2.24) is 5.32 Å². The third-order valence-electron chi connectivity index (χ3n) is 3.13. The maximum Gasteiger partial charge on any atom is 0.239 e. The highest BCUT2D eigenvalue weighted by atomic mass is 19.1. The minimum atomic E-state index is -0.473. The van der Waals surface area contributed by atoms with Crippen LogP contribution in [0.4, 0.5) is 10.1 Å². The van der Waals surface area contributed by atoms with Crippen molar-refractivity contribution >= 4 is 11.6 Å². The summed E-state index contributed by atoms with van der Waals surface area (Å²) < 4.78 is 18.2. The molecule has 0 bridgehead atoms. The van der Waals surface area contributed by atoms with Crippen molar-refractivity contribution in [1.29, 1.82) is 5.26 Å². The van der Waals surface area contributed by atoms with Crippen molar-refractivity contribution in [2.75, 3.05) is 25.1 Å². The van der Waals surface area contributed by atoms with E-state index in [9.17, 15) is 9.18 Å². The molecule has 0 aromatic heterocycles. The largest absolute Gasteiger partial charge is 0.381 e. The average Bonchev–Trinajstić information content (AvgIpc) is 2.47. The van der Waals surface area contributed by atoms with Crippen LogP contribution in [0, 0.1) is 17.1 Å². The Kier molecular flexibility index (Phi) is 4.91. The number of nitriles is 1. The molecule has 1 aromatic rings. The molecule has 106 valence electrons. The number of carbonyl (C=O) groups excluding carboxylic acids is 1. The number of halogens is 1. The average molecular weight is 277 g/mol. The first kappa shape index (κ1) is 14.3. The molecule has 5 nitrogen and oxygen atoms in total. The summed E-state index contributed by atoms with van der Waals surface area (Å²) in [6, 6.07) is 5.87. The van der Waals surface area contributed by atoms with Crippen LogP contribution < -0.4 is 10.6 Å². The summed E-state index contributed by atoms with van der Waals surface area (Å²) in [6.45, 7) is 1.38. The monoisotopic (exact) mass is 277 g/mol. The molecule has 1 amide bonds. The molecule has 1 heterocycles. The molecule has 1 saturated heterocycles. The van der Waals surface area contributed by atoms with Gasteiger partial charge in [0, 0.05) is 19.3 Å². The summed E-state index contributed by atoms with van der Waals surface area (Å²) in [6.07, 6.45) is 1.62. The van der Waals surface area contributed by atoms with Crippen molar-refractivity contribution in [2.24, 2.45) is 0 Å². The van der Waals surface area contributed by atoms with Gasteiger partial charge in [-0.1, -0.05) is 0 Å². The Labute approximate surface area is 116 Å². The summed E-state index contributed by atoms with van der Waals surface area (Å²) >= 11 is 0. The van der Waals surface area contributed by atoms with E-state index >= 15 is 0 Å².